The van der Waals surface area contributed by atoms with Gasteiger partial charge in [0.25, 0.3) is 0 Å². The number of anilines is 1. The van der Waals surface area contributed by atoms with Crippen LogP contribution in [0, 0.1) is 20.8 Å². The third-order valence-corrected chi connectivity index (χ3v) is 6.45. The summed E-state index contributed by atoms with van der Waals surface area (Å²) in [6.45, 7) is 6.49. The van der Waals surface area contributed by atoms with Gasteiger partial charge in [-0.25, -0.2) is 9.97 Å². The van der Waals surface area contributed by atoms with Gasteiger partial charge in [0.1, 0.15) is 0 Å². The molecule has 0 saturated heterocycles. The second-order valence-electron chi connectivity index (χ2n) is 8.57. The van der Waals surface area contributed by atoms with E-state index in [1.54, 1.807) is 10.7 Å². The van der Waals surface area contributed by atoms with E-state index in [0.717, 1.165) is 50.1 Å². The normalized spacial score (nSPS) is 11.4. The number of carbonyl (C=O) groups excluding carboxylic acids is 1. The molecule has 3 aromatic heterocycles. The number of hydrogen-bond acceptors (Lipinski definition) is 4. The lowest BCUT2D eigenvalue weighted by Crippen LogP contribution is -2.19. The first-order chi connectivity index (χ1) is 16.3. The quantitative estimate of drug-likeness (QED) is 0.385. The number of pyridine rings is 1. The number of fused-ring (bicyclic) bond motifs is 2. The van der Waals surface area contributed by atoms with Crippen LogP contribution in [0.5, 0.6) is 0 Å². The second-order valence-corrected chi connectivity index (χ2v) is 9.01. The zero-order chi connectivity index (χ0) is 24.0. The molecule has 34 heavy (non-hydrogen) atoms. The number of carbonyl (C=O) groups is 1. The Balaban J connectivity index is 1.50. The summed E-state index contributed by atoms with van der Waals surface area (Å²) in [7, 11) is 1.89. The number of imidazole rings is 1. The Morgan fingerprint density at radius 2 is 1.79 bits per heavy atom. The van der Waals surface area contributed by atoms with Crippen molar-refractivity contribution in [2.24, 2.45) is 7.05 Å². The van der Waals surface area contributed by atoms with E-state index in [4.69, 9.17) is 16.6 Å². The van der Waals surface area contributed by atoms with Crippen LogP contribution in [0.2, 0.25) is 5.02 Å². The highest BCUT2D eigenvalue weighted by molar-refractivity contribution is 6.31. The third-order valence-electron chi connectivity index (χ3n) is 6.21. The number of hydrogen-bond donors (Lipinski definition) is 1. The topological polar surface area (TPSA) is 77.6 Å². The lowest BCUT2D eigenvalue weighted by Gasteiger charge is -2.13. The van der Waals surface area contributed by atoms with Crippen LogP contribution in [0.4, 0.5) is 5.95 Å². The summed E-state index contributed by atoms with van der Waals surface area (Å²) in [4.78, 5) is 22.6. The highest BCUT2D eigenvalue weighted by Crippen LogP contribution is 2.27. The Hall–Kier alpha value is -3.71. The molecule has 0 aliphatic heterocycles. The summed E-state index contributed by atoms with van der Waals surface area (Å²) >= 11 is 6.27. The Morgan fingerprint density at radius 1 is 1.03 bits per heavy atom. The summed E-state index contributed by atoms with van der Waals surface area (Å²) < 4.78 is 3.77. The van der Waals surface area contributed by atoms with Crippen molar-refractivity contribution in [3.05, 3.63) is 81.6 Å². The summed E-state index contributed by atoms with van der Waals surface area (Å²) in [5.74, 6) is 0.345. The molecule has 7 nitrogen and oxygen atoms in total. The molecule has 0 spiro atoms. The fourth-order valence-corrected chi connectivity index (χ4v) is 4.74. The zero-order valence-electron chi connectivity index (χ0n) is 19.6. The van der Waals surface area contributed by atoms with Gasteiger partial charge in [0.05, 0.1) is 29.7 Å². The number of benzene rings is 2. The number of amides is 1. The van der Waals surface area contributed by atoms with Crippen molar-refractivity contribution in [1.29, 1.82) is 0 Å². The van der Waals surface area contributed by atoms with Gasteiger partial charge in [0, 0.05) is 23.2 Å². The minimum Gasteiger partial charge on any atom is -0.305 e. The van der Waals surface area contributed by atoms with E-state index < -0.39 is 0 Å². The van der Waals surface area contributed by atoms with E-state index in [0.29, 0.717) is 17.5 Å². The molecule has 0 aliphatic carbocycles. The van der Waals surface area contributed by atoms with E-state index in [2.05, 4.69) is 15.4 Å². The average Bonchev–Trinajstić information content (AvgIpc) is 3.27. The van der Waals surface area contributed by atoms with Crippen molar-refractivity contribution in [3.8, 4) is 0 Å². The van der Waals surface area contributed by atoms with E-state index >= 15 is 0 Å². The summed E-state index contributed by atoms with van der Waals surface area (Å²) in [6, 6.07) is 15.6. The van der Waals surface area contributed by atoms with Crippen LogP contribution in [0.25, 0.3) is 22.1 Å². The van der Waals surface area contributed by atoms with E-state index in [-0.39, 0.29) is 12.3 Å². The van der Waals surface area contributed by atoms with Crippen LogP contribution >= 0.6 is 11.6 Å². The first-order valence-electron chi connectivity index (χ1n) is 11.1. The highest BCUT2D eigenvalue weighted by atomic mass is 35.5. The number of aryl methyl sites for hydroxylation is 4. The van der Waals surface area contributed by atoms with Crippen molar-refractivity contribution in [3.63, 3.8) is 0 Å². The van der Waals surface area contributed by atoms with Gasteiger partial charge in [-0.2, -0.15) is 5.10 Å². The number of nitrogens with one attached hydrogen (secondary N) is 1. The fraction of sp³-hybridized carbons (Fsp3) is 0.231. The van der Waals surface area contributed by atoms with Gasteiger partial charge < -0.3 is 4.57 Å². The molecule has 0 bridgehead atoms. The second kappa shape index (κ2) is 8.57. The number of nitrogens with zero attached hydrogens (tertiary/aromatic N) is 5. The molecule has 0 saturated carbocycles. The molecule has 0 unspecified atom stereocenters. The lowest BCUT2D eigenvalue weighted by atomic mass is 10.0. The van der Waals surface area contributed by atoms with Crippen molar-refractivity contribution < 1.29 is 4.79 Å². The average molecular weight is 473 g/mol. The maximum atomic E-state index is 13.2. The van der Waals surface area contributed by atoms with Crippen LogP contribution in [-0.4, -0.2) is 30.2 Å². The molecule has 0 aliphatic rings. The van der Waals surface area contributed by atoms with Crippen molar-refractivity contribution >= 4 is 45.5 Å². The molecule has 5 rings (SSSR count). The first-order valence-corrected chi connectivity index (χ1v) is 11.5. The van der Waals surface area contributed by atoms with Crippen LogP contribution in [-0.2, 0) is 24.8 Å². The molecule has 8 heteroatoms. The van der Waals surface area contributed by atoms with Gasteiger partial charge in [-0.1, -0.05) is 41.9 Å². The first kappa shape index (κ1) is 22.1. The molecule has 5 aromatic rings. The van der Waals surface area contributed by atoms with Crippen molar-refractivity contribution in [1.82, 2.24) is 24.3 Å². The summed E-state index contributed by atoms with van der Waals surface area (Å²) in [5.41, 5.74) is 7.26. The van der Waals surface area contributed by atoms with Crippen molar-refractivity contribution in [2.45, 2.75) is 33.7 Å². The number of aromatic nitrogens is 5. The van der Waals surface area contributed by atoms with E-state index in [1.807, 2.05) is 74.9 Å². The maximum absolute atomic E-state index is 13.2. The molecule has 2 aromatic carbocycles. The summed E-state index contributed by atoms with van der Waals surface area (Å²) in [6.07, 6.45) is 0.199. The molecule has 0 radical (unpaired) electrons. The van der Waals surface area contributed by atoms with Crippen LogP contribution in [0.3, 0.4) is 0 Å². The number of halogens is 1. The van der Waals surface area contributed by atoms with Gasteiger partial charge in [0.2, 0.25) is 11.9 Å². The van der Waals surface area contributed by atoms with Gasteiger partial charge in [-0.15, -0.1) is 0 Å². The smallest absolute Gasteiger partial charge is 0.231 e. The van der Waals surface area contributed by atoms with Crippen LogP contribution in [0.1, 0.15) is 28.1 Å². The van der Waals surface area contributed by atoms with Crippen LogP contribution in [0.15, 0.2) is 48.5 Å². The molecule has 172 valence electrons. The Labute approximate surface area is 202 Å². The molecule has 1 N–H and O–H groups in total. The van der Waals surface area contributed by atoms with E-state index in [9.17, 15) is 4.79 Å². The fourth-order valence-electron chi connectivity index (χ4n) is 4.57. The molecular weight excluding hydrogens is 448 g/mol. The maximum Gasteiger partial charge on any atom is 0.231 e. The standard InChI is InChI=1S/C26H25ClN6O/c1-15-20(16(2)28-25-24(15)17(3)31-32(25)4)13-23(34)30-26-29-21-11-10-19(27)12-22(21)33(26)14-18-8-6-5-7-9-18/h5-12H,13-14H2,1-4H3,(H,29,30,34). The van der Waals surface area contributed by atoms with Gasteiger partial charge in [0.15, 0.2) is 5.65 Å². The van der Waals surface area contributed by atoms with Gasteiger partial charge in [-0.05, 0) is 55.7 Å². The predicted molar refractivity (Wildman–Crippen MR) is 135 cm³/mol. The Morgan fingerprint density at radius 3 is 2.56 bits per heavy atom. The van der Waals surface area contributed by atoms with Gasteiger partial charge in [-0.3, -0.25) is 14.8 Å². The van der Waals surface area contributed by atoms with Crippen LogP contribution < -0.4 is 5.32 Å². The van der Waals surface area contributed by atoms with Gasteiger partial charge >= 0.3 is 0 Å². The Bertz CT molecular complexity index is 1550. The molecule has 3 heterocycles. The number of rotatable bonds is 5. The largest absolute Gasteiger partial charge is 0.305 e. The Kier molecular flexibility index (Phi) is 5.57. The molecule has 1 amide bonds. The predicted octanol–water partition coefficient (Wildman–Crippen LogP) is 5.13. The minimum absolute atomic E-state index is 0.149. The lowest BCUT2D eigenvalue weighted by molar-refractivity contribution is -0.115. The highest BCUT2D eigenvalue weighted by Gasteiger charge is 2.19. The van der Waals surface area contributed by atoms with Crippen molar-refractivity contribution in [2.75, 3.05) is 5.32 Å². The molecular formula is C26H25ClN6O. The monoisotopic (exact) mass is 472 g/mol. The minimum atomic E-state index is -0.149. The third kappa shape index (κ3) is 3.92. The summed E-state index contributed by atoms with van der Waals surface area (Å²) in [5, 5.41) is 9.15. The molecule has 0 atom stereocenters. The zero-order valence-corrected chi connectivity index (χ0v) is 20.3. The SMILES string of the molecule is Cc1nc2c(c(C)nn2C)c(C)c1CC(=O)Nc1nc2ccc(Cl)cc2n1Cc1ccccc1. The molecule has 0 fully saturated rings. The van der Waals surface area contributed by atoms with E-state index in [1.165, 1.54) is 0 Å².